The summed E-state index contributed by atoms with van der Waals surface area (Å²) in [6, 6.07) is 12.8. The maximum absolute atomic E-state index is 14.0. The molecule has 0 radical (unpaired) electrons. The van der Waals surface area contributed by atoms with Crippen LogP contribution in [0.5, 0.6) is 0 Å². The molecule has 2 aromatic carbocycles. The molecule has 132 valence electrons. The molecule has 0 aliphatic heterocycles. The Balaban J connectivity index is 2.22. The van der Waals surface area contributed by atoms with Crippen molar-refractivity contribution in [2.24, 2.45) is 0 Å². The third kappa shape index (κ3) is 5.29. The predicted octanol–water partition coefficient (Wildman–Crippen LogP) is 4.07. The van der Waals surface area contributed by atoms with Crippen molar-refractivity contribution in [2.75, 3.05) is 13.2 Å². The quantitative estimate of drug-likeness (QED) is 0.696. The van der Waals surface area contributed by atoms with Gasteiger partial charge < -0.3 is 9.64 Å². The van der Waals surface area contributed by atoms with Crippen LogP contribution < -0.4 is 0 Å². The van der Waals surface area contributed by atoms with E-state index in [0.717, 1.165) is 5.56 Å². The number of ether oxygens (including phenoxy) is 1. The second-order valence-corrected chi connectivity index (χ2v) is 5.76. The lowest BCUT2D eigenvalue weighted by Crippen LogP contribution is -2.33. The molecule has 0 N–H and O–H groups in total. The Kier molecular flexibility index (Phi) is 6.95. The summed E-state index contributed by atoms with van der Waals surface area (Å²) < 4.78 is 18.9. The second kappa shape index (κ2) is 9.18. The fraction of sp³-hybridized carbons (Fsp3) is 0.263. The number of benzene rings is 2. The van der Waals surface area contributed by atoms with Crippen molar-refractivity contribution >= 4 is 23.5 Å². The summed E-state index contributed by atoms with van der Waals surface area (Å²) in [7, 11) is 0. The maximum Gasteiger partial charge on any atom is 0.307 e. The molecule has 0 saturated heterocycles. The number of carbonyl (C=O) groups excluding carboxylic acids is 2. The minimum absolute atomic E-state index is 0.0263. The van der Waals surface area contributed by atoms with Crippen LogP contribution in [0.15, 0.2) is 48.5 Å². The molecule has 0 atom stereocenters. The van der Waals surface area contributed by atoms with E-state index in [1.165, 1.54) is 23.1 Å². The van der Waals surface area contributed by atoms with E-state index in [0.29, 0.717) is 5.02 Å². The van der Waals surface area contributed by atoms with Gasteiger partial charge in [0.25, 0.3) is 5.91 Å². The van der Waals surface area contributed by atoms with Gasteiger partial charge in [-0.25, -0.2) is 4.39 Å². The van der Waals surface area contributed by atoms with Gasteiger partial charge in [0.15, 0.2) is 0 Å². The van der Waals surface area contributed by atoms with Gasteiger partial charge in [-0.15, -0.1) is 0 Å². The van der Waals surface area contributed by atoms with Crippen molar-refractivity contribution < 1.29 is 18.7 Å². The van der Waals surface area contributed by atoms with Crippen LogP contribution in [0, 0.1) is 5.82 Å². The Morgan fingerprint density at radius 1 is 1.12 bits per heavy atom. The average Bonchev–Trinajstić information content (AvgIpc) is 2.60. The normalized spacial score (nSPS) is 10.4. The van der Waals surface area contributed by atoms with Crippen LogP contribution in [0.4, 0.5) is 4.39 Å². The summed E-state index contributed by atoms with van der Waals surface area (Å²) >= 11 is 6.16. The average molecular weight is 364 g/mol. The SMILES string of the molecule is CCOC(=O)CCN(Cc1ccccc1Cl)C(=O)c1ccccc1F. The van der Waals surface area contributed by atoms with Crippen LogP contribution in [0.3, 0.4) is 0 Å². The topological polar surface area (TPSA) is 46.6 Å². The van der Waals surface area contributed by atoms with Crippen LogP contribution in [-0.4, -0.2) is 29.9 Å². The van der Waals surface area contributed by atoms with Gasteiger partial charge in [-0.3, -0.25) is 9.59 Å². The summed E-state index contributed by atoms with van der Waals surface area (Å²) in [4.78, 5) is 25.8. The van der Waals surface area contributed by atoms with E-state index in [-0.39, 0.29) is 31.7 Å². The number of hydrogen-bond acceptors (Lipinski definition) is 3. The highest BCUT2D eigenvalue weighted by Gasteiger charge is 2.21. The number of halogens is 2. The van der Waals surface area contributed by atoms with Crippen LogP contribution in [0.25, 0.3) is 0 Å². The summed E-state index contributed by atoms with van der Waals surface area (Å²) in [5.74, 6) is -1.51. The lowest BCUT2D eigenvalue weighted by atomic mass is 10.1. The Morgan fingerprint density at radius 3 is 2.48 bits per heavy atom. The number of esters is 1. The third-order valence-electron chi connectivity index (χ3n) is 3.60. The van der Waals surface area contributed by atoms with Crippen molar-refractivity contribution in [3.05, 3.63) is 70.5 Å². The molecule has 2 rings (SSSR count). The molecule has 0 aliphatic carbocycles. The molecule has 1 amide bonds. The van der Waals surface area contributed by atoms with E-state index < -0.39 is 17.7 Å². The Labute approximate surface area is 151 Å². The number of amides is 1. The largest absolute Gasteiger partial charge is 0.466 e. The van der Waals surface area contributed by atoms with E-state index in [1.54, 1.807) is 37.3 Å². The smallest absolute Gasteiger partial charge is 0.307 e. The molecule has 4 nitrogen and oxygen atoms in total. The van der Waals surface area contributed by atoms with Crippen molar-refractivity contribution in [1.29, 1.82) is 0 Å². The first-order valence-corrected chi connectivity index (χ1v) is 8.33. The first-order valence-electron chi connectivity index (χ1n) is 7.95. The number of nitrogens with zero attached hydrogens (tertiary/aromatic N) is 1. The van der Waals surface area contributed by atoms with Crippen LogP contribution in [0.1, 0.15) is 29.3 Å². The van der Waals surface area contributed by atoms with Gasteiger partial charge in [-0.05, 0) is 30.7 Å². The molecule has 0 spiro atoms. The first kappa shape index (κ1) is 18.9. The zero-order chi connectivity index (χ0) is 18.2. The van der Waals surface area contributed by atoms with Gasteiger partial charge in [0.2, 0.25) is 0 Å². The highest BCUT2D eigenvalue weighted by atomic mass is 35.5. The van der Waals surface area contributed by atoms with E-state index in [4.69, 9.17) is 16.3 Å². The van der Waals surface area contributed by atoms with Crippen molar-refractivity contribution in [3.8, 4) is 0 Å². The molecule has 0 saturated carbocycles. The van der Waals surface area contributed by atoms with Crippen LogP contribution in [-0.2, 0) is 16.1 Å². The molecule has 0 fully saturated rings. The zero-order valence-corrected chi connectivity index (χ0v) is 14.6. The van der Waals surface area contributed by atoms with E-state index in [2.05, 4.69) is 0 Å². The van der Waals surface area contributed by atoms with Gasteiger partial charge in [-0.1, -0.05) is 41.9 Å². The molecule has 0 bridgehead atoms. The fourth-order valence-electron chi connectivity index (χ4n) is 2.35. The minimum atomic E-state index is -0.604. The fourth-order valence-corrected chi connectivity index (χ4v) is 2.54. The summed E-state index contributed by atoms with van der Waals surface area (Å²) in [5, 5.41) is 0.505. The van der Waals surface area contributed by atoms with Crippen molar-refractivity contribution in [1.82, 2.24) is 4.90 Å². The van der Waals surface area contributed by atoms with Crippen molar-refractivity contribution in [2.45, 2.75) is 19.9 Å². The Hall–Kier alpha value is -2.40. The van der Waals surface area contributed by atoms with E-state index in [1.807, 2.05) is 0 Å². The maximum atomic E-state index is 14.0. The molecule has 0 aromatic heterocycles. The highest BCUT2D eigenvalue weighted by molar-refractivity contribution is 6.31. The van der Waals surface area contributed by atoms with Crippen molar-refractivity contribution in [3.63, 3.8) is 0 Å². The minimum Gasteiger partial charge on any atom is -0.466 e. The summed E-state index contributed by atoms with van der Waals surface area (Å²) in [5.41, 5.74) is 0.677. The van der Waals surface area contributed by atoms with Gasteiger partial charge in [0.1, 0.15) is 5.82 Å². The molecule has 2 aromatic rings. The number of hydrogen-bond donors (Lipinski definition) is 0. The molecular weight excluding hydrogens is 345 g/mol. The monoisotopic (exact) mass is 363 g/mol. The lowest BCUT2D eigenvalue weighted by molar-refractivity contribution is -0.143. The lowest BCUT2D eigenvalue weighted by Gasteiger charge is -2.23. The highest BCUT2D eigenvalue weighted by Crippen LogP contribution is 2.19. The second-order valence-electron chi connectivity index (χ2n) is 5.35. The molecule has 6 heteroatoms. The molecule has 0 unspecified atom stereocenters. The zero-order valence-electron chi connectivity index (χ0n) is 13.9. The molecule has 0 aliphatic rings. The van der Waals surface area contributed by atoms with Gasteiger partial charge in [0, 0.05) is 18.1 Å². The van der Waals surface area contributed by atoms with Gasteiger partial charge in [-0.2, -0.15) is 0 Å². The molecular formula is C19H19ClFNO3. The van der Waals surface area contributed by atoms with Crippen LogP contribution >= 0.6 is 11.6 Å². The van der Waals surface area contributed by atoms with Gasteiger partial charge in [0.05, 0.1) is 18.6 Å². The number of rotatable bonds is 7. The Bertz CT molecular complexity index is 751. The van der Waals surface area contributed by atoms with Crippen LogP contribution in [0.2, 0.25) is 5.02 Å². The first-order chi connectivity index (χ1) is 12.0. The van der Waals surface area contributed by atoms with E-state index >= 15 is 0 Å². The van der Waals surface area contributed by atoms with Gasteiger partial charge >= 0.3 is 5.97 Å². The number of carbonyl (C=O) groups is 2. The summed E-state index contributed by atoms with van der Waals surface area (Å²) in [6.45, 7) is 2.26. The van der Waals surface area contributed by atoms with E-state index in [9.17, 15) is 14.0 Å². The Morgan fingerprint density at radius 2 is 1.80 bits per heavy atom. The predicted molar refractivity (Wildman–Crippen MR) is 93.8 cm³/mol. The standard InChI is InChI=1S/C19H19ClFNO3/c1-2-25-18(23)11-12-22(13-14-7-3-5-9-16(14)20)19(24)15-8-4-6-10-17(15)21/h3-10H,2,11-13H2,1H3. The molecule has 25 heavy (non-hydrogen) atoms. The summed E-state index contributed by atoms with van der Waals surface area (Å²) in [6.07, 6.45) is 0.0263. The molecule has 0 heterocycles. The third-order valence-corrected chi connectivity index (χ3v) is 3.97.